The van der Waals surface area contributed by atoms with Gasteiger partial charge in [0.05, 0.1) is 6.42 Å². The van der Waals surface area contributed by atoms with Crippen LogP contribution in [-0.2, 0) is 19.9 Å². The summed E-state index contributed by atoms with van der Waals surface area (Å²) in [5.74, 6) is -1.30. The minimum Gasteiger partial charge on any atom is -0.465 e. The highest BCUT2D eigenvalue weighted by atomic mass is 16.4. The van der Waals surface area contributed by atoms with Crippen LogP contribution in [0.2, 0.25) is 0 Å². The lowest BCUT2D eigenvalue weighted by molar-refractivity contribution is -0.132. The Morgan fingerprint density at radius 1 is 0.750 bits per heavy atom. The van der Waals surface area contributed by atoms with E-state index < -0.39 is 29.5 Å². The quantitative estimate of drug-likeness (QED) is 0.127. The van der Waals surface area contributed by atoms with Gasteiger partial charge in [-0.2, -0.15) is 0 Å². The molecule has 0 saturated heterocycles. The molecule has 0 fully saturated rings. The van der Waals surface area contributed by atoms with E-state index in [9.17, 15) is 19.2 Å². The van der Waals surface area contributed by atoms with E-state index in [-0.39, 0.29) is 31.8 Å². The molecule has 44 heavy (non-hydrogen) atoms. The molecule has 1 atom stereocenters. The molecule has 0 unspecified atom stereocenters. The summed E-state index contributed by atoms with van der Waals surface area (Å²) in [6, 6.07) is 27.7. The molecule has 3 aromatic carbocycles. The highest BCUT2D eigenvalue weighted by Gasteiger charge is 2.38. The summed E-state index contributed by atoms with van der Waals surface area (Å²) in [6.07, 6.45) is 3.65. The molecule has 9 heteroatoms. The van der Waals surface area contributed by atoms with E-state index in [4.69, 9.17) is 5.11 Å². The molecule has 4 N–H and O–H groups in total. The van der Waals surface area contributed by atoms with Gasteiger partial charge in [-0.3, -0.25) is 14.4 Å². The summed E-state index contributed by atoms with van der Waals surface area (Å²) < 4.78 is 0. The fourth-order valence-corrected chi connectivity index (χ4v) is 5.16. The average Bonchev–Trinajstić information content (AvgIpc) is 3.04. The Hall–Kier alpha value is -4.66. The summed E-state index contributed by atoms with van der Waals surface area (Å²) in [6.45, 7) is 2.22. The molecule has 9 nitrogen and oxygen atoms in total. The number of rotatable bonds is 17. The highest BCUT2D eigenvalue weighted by Crippen LogP contribution is 2.36. The van der Waals surface area contributed by atoms with Crippen molar-refractivity contribution < 1.29 is 24.3 Å². The second-order valence-corrected chi connectivity index (χ2v) is 10.9. The first-order chi connectivity index (χ1) is 21.3. The molecule has 3 aromatic rings. The van der Waals surface area contributed by atoms with Crippen molar-refractivity contribution >= 4 is 23.8 Å². The second kappa shape index (κ2) is 17.5. The van der Waals surface area contributed by atoms with Crippen LogP contribution in [0, 0.1) is 0 Å². The van der Waals surface area contributed by atoms with Crippen molar-refractivity contribution in [3.05, 3.63) is 108 Å². The number of hydrogen-bond donors (Lipinski definition) is 4. The topological polar surface area (TPSA) is 128 Å². The van der Waals surface area contributed by atoms with Gasteiger partial charge >= 0.3 is 6.09 Å². The molecule has 4 amide bonds. The maximum absolute atomic E-state index is 14.0. The molecule has 0 radical (unpaired) electrons. The summed E-state index contributed by atoms with van der Waals surface area (Å²) in [5, 5.41) is 17.8. The van der Waals surface area contributed by atoms with E-state index in [1.54, 1.807) is 0 Å². The Labute approximate surface area is 260 Å². The van der Waals surface area contributed by atoms with E-state index in [1.165, 1.54) is 7.05 Å². The zero-order valence-corrected chi connectivity index (χ0v) is 25.6. The lowest BCUT2D eigenvalue weighted by atomic mass is 9.77. The molecule has 0 saturated carbocycles. The van der Waals surface area contributed by atoms with Crippen LogP contribution < -0.4 is 16.0 Å². The molecule has 3 rings (SSSR count). The van der Waals surface area contributed by atoms with Gasteiger partial charge in [-0.1, -0.05) is 124 Å². The van der Waals surface area contributed by atoms with Crippen molar-refractivity contribution in [3.8, 4) is 0 Å². The van der Waals surface area contributed by atoms with Crippen LogP contribution in [0.1, 0.15) is 68.6 Å². The second-order valence-electron chi connectivity index (χ2n) is 10.9. The predicted molar refractivity (Wildman–Crippen MR) is 171 cm³/mol. The number of amides is 4. The summed E-state index contributed by atoms with van der Waals surface area (Å²) in [5.41, 5.74) is 1.42. The van der Waals surface area contributed by atoms with Gasteiger partial charge in [0.25, 0.3) is 0 Å². The molecule has 0 aliphatic rings. The maximum atomic E-state index is 14.0. The molecule has 0 spiro atoms. The molecule has 0 heterocycles. The van der Waals surface area contributed by atoms with Crippen molar-refractivity contribution in [1.29, 1.82) is 0 Å². The van der Waals surface area contributed by atoms with Gasteiger partial charge in [-0.05, 0) is 23.1 Å². The van der Waals surface area contributed by atoms with E-state index in [1.807, 2.05) is 91.0 Å². The predicted octanol–water partition coefficient (Wildman–Crippen LogP) is 5.06. The average molecular weight is 601 g/mol. The van der Waals surface area contributed by atoms with Crippen LogP contribution in [0.3, 0.4) is 0 Å². The molecule has 0 aromatic heterocycles. The number of nitrogens with one attached hydrogen (secondary N) is 3. The van der Waals surface area contributed by atoms with Crippen molar-refractivity contribution in [1.82, 2.24) is 20.9 Å². The fraction of sp³-hybridized carbons (Fsp3) is 0.371. The largest absolute Gasteiger partial charge is 0.465 e. The maximum Gasteiger partial charge on any atom is 0.407 e. The number of benzene rings is 3. The number of likely N-dealkylation sites (N-methyl/N-ethyl adjacent to an activating group) is 1. The van der Waals surface area contributed by atoms with Gasteiger partial charge < -0.3 is 26.0 Å². The first-order valence-electron chi connectivity index (χ1n) is 15.3. The summed E-state index contributed by atoms with van der Waals surface area (Å²) in [4.78, 5) is 52.3. The third-order valence-electron chi connectivity index (χ3n) is 7.57. The molecule has 0 aliphatic carbocycles. The number of carbonyl (C=O) groups is 4. The van der Waals surface area contributed by atoms with E-state index in [0.29, 0.717) is 6.42 Å². The smallest absolute Gasteiger partial charge is 0.407 e. The van der Waals surface area contributed by atoms with Crippen LogP contribution in [0.15, 0.2) is 91.0 Å². The number of hydrogen-bond acceptors (Lipinski definition) is 4. The Bertz CT molecular complexity index is 1240. The first kappa shape index (κ1) is 33.8. The van der Waals surface area contributed by atoms with Crippen LogP contribution >= 0.6 is 0 Å². The van der Waals surface area contributed by atoms with Crippen LogP contribution in [0.25, 0.3) is 0 Å². The van der Waals surface area contributed by atoms with E-state index in [0.717, 1.165) is 47.3 Å². The molecule has 234 valence electrons. The summed E-state index contributed by atoms with van der Waals surface area (Å²) in [7, 11) is 1.40. The normalized spacial score (nSPS) is 11.7. The third-order valence-corrected chi connectivity index (χ3v) is 7.57. The van der Waals surface area contributed by atoms with Crippen molar-refractivity contribution in [2.24, 2.45) is 0 Å². The number of carboxylic acid groups (broad SMARTS) is 1. The van der Waals surface area contributed by atoms with Crippen LogP contribution in [-0.4, -0.2) is 60.0 Å². The van der Waals surface area contributed by atoms with Gasteiger partial charge in [0, 0.05) is 26.6 Å². The number of unbranched alkanes of at least 4 members (excludes halogenated alkanes) is 4. The van der Waals surface area contributed by atoms with Crippen LogP contribution in [0.5, 0.6) is 0 Å². The van der Waals surface area contributed by atoms with Gasteiger partial charge in [-0.25, -0.2) is 4.79 Å². The Morgan fingerprint density at radius 3 is 1.73 bits per heavy atom. The van der Waals surface area contributed by atoms with Crippen molar-refractivity contribution in [2.45, 2.75) is 63.5 Å². The van der Waals surface area contributed by atoms with Gasteiger partial charge in [-0.15, -0.1) is 0 Å². The van der Waals surface area contributed by atoms with E-state index >= 15 is 0 Å². The van der Waals surface area contributed by atoms with Gasteiger partial charge in [0.1, 0.15) is 11.6 Å². The standard InChI is InChI=1S/C35H44N4O5/c1-3-4-5-6-16-23-31(40)37-30(33(42)36-24-25-39(2)34(43)44)26-32(41)38-35(27-17-10-7-11-18-27,28-19-12-8-13-20-28)29-21-14-9-15-22-29/h7-15,17-22,30H,3-6,16,23-26H2,1-2H3,(H,36,42)(H,37,40)(H,38,41)(H,43,44)/t30-/m1/s1. The molecule has 0 aliphatic heterocycles. The Balaban J connectivity index is 1.88. The lowest BCUT2D eigenvalue weighted by Gasteiger charge is -2.37. The fourth-order valence-electron chi connectivity index (χ4n) is 5.16. The SMILES string of the molecule is CCCCCCCC(=O)N[C@H](CC(=O)NC(c1ccccc1)(c1ccccc1)c1ccccc1)C(=O)NCCN(C)C(=O)O. The zero-order valence-electron chi connectivity index (χ0n) is 25.6. The number of carbonyl (C=O) groups excluding carboxylic acids is 3. The molecule has 0 bridgehead atoms. The minimum absolute atomic E-state index is 0.0363. The van der Waals surface area contributed by atoms with Crippen molar-refractivity contribution in [2.75, 3.05) is 20.1 Å². The zero-order chi connectivity index (χ0) is 31.8. The van der Waals surface area contributed by atoms with Crippen molar-refractivity contribution in [3.63, 3.8) is 0 Å². The van der Waals surface area contributed by atoms with Gasteiger partial charge in [0.2, 0.25) is 17.7 Å². The lowest BCUT2D eigenvalue weighted by Crippen LogP contribution is -2.53. The number of nitrogens with zero attached hydrogens (tertiary/aromatic N) is 1. The van der Waals surface area contributed by atoms with E-state index in [2.05, 4.69) is 22.9 Å². The molecular formula is C35H44N4O5. The van der Waals surface area contributed by atoms with Gasteiger partial charge in [0.15, 0.2) is 0 Å². The Morgan fingerprint density at radius 2 is 1.25 bits per heavy atom. The third kappa shape index (κ3) is 9.69. The monoisotopic (exact) mass is 600 g/mol. The molecular weight excluding hydrogens is 556 g/mol. The first-order valence-corrected chi connectivity index (χ1v) is 15.3. The highest BCUT2D eigenvalue weighted by molar-refractivity contribution is 5.92. The Kier molecular flexibility index (Phi) is 13.4. The van der Waals surface area contributed by atoms with Crippen LogP contribution in [0.4, 0.5) is 4.79 Å². The summed E-state index contributed by atoms with van der Waals surface area (Å²) >= 11 is 0. The minimum atomic E-state index is -1.15.